The van der Waals surface area contributed by atoms with Crippen LogP contribution in [0.5, 0.6) is 11.5 Å². The number of ether oxygens (including phenoxy) is 3. The molecule has 0 saturated carbocycles. The van der Waals surface area contributed by atoms with Gasteiger partial charge in [-0.3, -0.25) is 0 Å². The zero-order valence-corrected chi connectivity index (χ0v) is 15.4. The molecule has 5 heteroatoms. The standard InChI is InChI=1S/C19H31NO4/c1-5-19(2)11-15(8-9-24-19)16(21)13-20-12-14-6-7-17(22-3)18(10-14)23-4/h6-7,10,15-16,20-21H,5,8-9,11-13H2,1-4H3/p+1. The Morgan fingerprint density at radius 2 is 2.08 bits per heavy atom. The number of hydrogen-bond acceptors (Lipinski definition) is 4. The van der Waals surface area contributed by atoms with Crippen LogP contribution in [0.1, 0.15) is 38.7 Å². The molecule has 1 aromatic rings. The van der Waals surface area contributed by atoms with Crippen LogP contribution in [0, 0.1) is 5.92 Å². The molecule has 1 saturated heterocycles. The summed E-state index contributed by atoms with van der Waals surface area (Å²) in [4.78, 5) is 0. The average molecular weight is 338 g/mol. The van der Waals surface area contributed by atoms with Crippen LogP contribution < -0.4 is 14.8 Å². The van der Waals surface area contributed by atoms with Crippen molar-refractivity contribution in [2.45, 2.75) is 51.4 Å². The third-order valence-electron chi connectivity index (χ3n) is 5.16. The summed E-state index contributed by atoms with van der Waals surface area (Å²) in [6, 6.07) is 5.95. The third-order valence-corrected chi connectivity index (χ3v) is 5.16. The topological polar surface area (TPSA) is 64.5 Å². The van der Waals surface area contributed by atoms with Gasteiger partial charge in [-0.15, -0.1) is 0 Å². The fraction of sp³-hybridized carbons (Fsp3) is 0.684. The van der Waals surface area contributed by atoms with E-state index in [2.05, 4.69) is 19.2 Å². The summed E-state index contributed by atoms with van der Waals surface area (Å²) in [5.41, 5.74) is 1.08. The molecule has 0 spiro atoms. The van der Waals surface area contributed by atoms with Gasteiger partial charge in [-0.05, 0) is 50.3 Å². The van der Waals surface area contributed by atoms with Gasteiger partial charge in [-0.2, -0.15) is 0 Å². The van der Waals surface area contributed by atoms with Crippen molar-refractivity contribution in [3.05, 3.63) is 23.8 Å². The van der Waals surface area contributed by atoms with Crippen LogP contribution in [0.4, 0.5) is 0 Å². The number of benzene rings is 1. The van der Waals surface area contributed by atoms with Crippen LogP contribution in [0.15, 0.2) is 18.2 Å². The maximum Gasteiger partial charge on any atom is 0.161 e. The largest absolute Gasteiger partial charge is 0.493 e. The summed E-state index contributed by atoms with van der Waals surface area (Å²) >= 11 is 0. The van der Waals surface area contributed by atoms with E-state index in [-0.39, 0.29) is 11.7 Å². The van der Waals surface area contributed by atoms with E-state index in [0.717, 1.165) is 49.5 Å². The quantitative estimate of drug-likeness (QED) is 0.758. The Morgan fingerprint density at radius 3 is 2.75 bits per heavy atom. The van der Waals surface area contributed by atoms with E-state index in [1.54, 1.807) is 14.2 Å². The molecule has 1 aliphatic rings. The first-order valence-corrected chi connectivity index (χ1v) is 8.86. The maximum absolute atomic E-state index is 10.5. The second-order valence-corrected chi connectivity index (χ2v) is 6.89. The normalized spacial score (nSPS) is 25.3. The summed E-state index contributed by atoms with van der Waals surface area (Å²) in [6.45, 7) is 6.57. The van der Waals surface area contributed by atoms with E-state index in [0.29, 0.717) is 12.5 Å². The lowest BCUT2D eigenvalue weighted by Crippen LogP contribution is -2.85. The molecule has 0 amide bonds. The number of quaternary nitrogens is 1. The SMILES string of the molecule is CCC1(C)CC(C(O)C[NH2+]Cc2ccc(OC)c(OC)c2)CCO1. The molecule has 0 aromatic heterocycles. The van der Waals surface area contributed by atoms with Crippen molar-refractivity contribution < 1.29 is 24.6 Å². The lowest BCUT2D eigenvalue weighted by atomic mass is 9.82. The van der Waals surface area contributed by atoms with E-state index >= 15 is 0 Å². The van der Waals surface area contributed by atoms with E-state index in [4.69, 9.17) is 14.2 Å². The Balaban J connectivity index is 1.83. The molecule has 0 aliphatic carbocycles. The Hall–Kier alpha value is -1.30. The van der Waals surface area contributed by atoms with E-state index in [9.17, 15) is 5.11 Å². The third kappa shape index (κ3) is 4.85. The monoisotopic (exact) mass is 338 g/mol. The molecule has 1 aliphatic heterocycles. The number of methoxy groups -OCH3 is 2. The van der Waals surface area contributed by atoms with Crippen molar-refractivity contribution in [3.63, 3.8) is 0 Å². The Kier molecular flexibility index (Phi) is 6.90. The van der Waals surface area contributed by atoms with E-state index in [1.807, 2.05) is 18.2 Å². The van der Waals surface area contributed by atoms with Crippen LogP contribution >= 0.6 is 0 Å². The van der Waals surface area contributed by atoms with Crippen LogP contribution in [-0.4, -0.2) is 44.2 Å². The highest BCUT2D eigenvalue weighted by molar-refractivity contribution is 5.42. The van der Waals surface area contributed by atoms with Crippen molar-refractivity contribution in [2.24, 2.45) is 5.92 Å². The second kappa shape index (κ2) is 8.70. The van der Waals surface area contributed by atoms with Gasteiger partial charge in [-0.1, -0.05) is 6.92 Å². The Labute approximate surface area is 145 Å². The Morgan fingerprint density at radius 1 is 1.33 bits per heavy atom. The van der Waals surface area contributed by atoms with Gasteiger partial charge >= 0.3 is 0 Å². The predicted molar refractivity (Wildman–Crippen MR) is 93.4 cm³/mol. The minimum absolute atomic E-state index is 0.0761. The lowest BCUT2D eigenvalue weighted by molar-refractivity contribution is -0.677. The zero-order valence-electron chi connectivity index (χ0n) is 15.4. The number of aliphatic hydroxyl groups excluding tert-OH is 1. The fourth-order valence-electron chi connectivity index (χ4n) is 3.37. The van der Waals surface area contributed by atoms with Gasteiger partial charge in [0.05, 0.1) is 19.8 Å². The van der Waals surface area contributed by atoms with Crippen LogP contribution in [-0.2, 0) is 11.3 Å². The van der Waals surface area contributed by atoms with Gasteiger partial charge in [0, 0.05) is 12.2 Å². The van der Waals surface area contributed by atoms with Gasteiger partial charge < -0.3 is 24.6 Å². The molecular weight excluding hydrogens is 306 g/mol. The van der Waals surface area contributed by atoms with Gasteiger partial charge in [-0.25, -0.2) is 0 Å². The maximum atomic E-state index is 10.5. The lowest BCUT2D eigenvalue weighted by Gasteiger charge is -2.39. The summed E-state index contributed by atoms with van der Waals surface area (Å²) in [6.07, 6.45) is 2.58. The summed E-state index contributed by atoms with van der Waals surface area (Å²) in [7, 11) is 3.28. The summed E-state index contributed by atoms with van der Waals surface area (Å²) < 4.78 is 16.5. The molecule has 0 bridgehead atoms. The molecule has 3 N–H and O–H groups in total. The average Bonchev–Trinajstić information content (AvgIpc) is 2.61. The smallest absolute Gasteiger partial charge is 0.161 e. The van der Waals surface area contributed by atoms with E-state index < -0.39 is 0 Å². The van der Waals surface area contributed by atoms with Gasteiger partial charge in [0.2, 0.25) is 0 Å². The molecule has 0 radical (unpaired) electrons. The highest BCUT2D eigenvalue weighted by atomic mass is 16.5. The van der Waals surface area contributed by atoms with Crippen LogP contribution in [0.2, 0.25) is 0 Å². The minimum Gasteiger partial charge on any atom is -0.493 e. The van der Waals surface area contributed by atoms with E-state index in [1.165, 1.54) is 0 Å². The van der Waals surface area contributed by atoms with Crippen molar-refractivity contribution in [3.8, 4) is 11.5 Å². The number of hydrogen-bond donors (Lipinski definition) is 2. The second-order valence-electron chi connectivity index (χ2n) is 6.89. The molecule has 136 valence electrons. The first-order valence-electron chi connectivity index (χ1n) is 8.86. The summed E-state index contributed by atoms with van der Waals surface area (Å²) in [5, 5.41) is 12.7. The molecule has 2 rings (SSSR count). The highest BCUT2D eigenvalue weighted by Gasteiger charge is 2.35. The molecular formula is C19H32NO4+. The van der Waals surface area contributed by atoms with Crippen molar-refractivity contribution in [1.29, 1.82) is 0 Å². The van der Waals surface area contributed by atoms with Crippen molar-refractivity contribution in [2.75, 3.05) is 27.4 Å². The molecule has 3 atom stereocenters. The zero-order chi connectivity index (χ0) is 17.6. The van der Waals surface area contributed by atoms with Gasteiger partial charge in [0.25, 0.3) is 0 Å². The Bertz CT molecular complexity index is 522. The molecule has 3 unspecified atom stereocenters. The number of rotatable bonds is 8. The predicted octanol–water partition coefficient (Wildman–Crippen LogP) is 1.72. The summed E-state index contributed by atoms with van der Waals surface area (Å²) in [5.74, 6) is 1.81. The molecule has 1 heterocycles. The minimum atomic E-state index is -0.292. The van der Waals surface area contributed by atoms with Crippen molar-refractivity contribution >= 4 is 0 Å². The number of nitrogens with two attached hydrogens (primary N) is 1. The fourth-order valence-corrected chi connectivity index (χ4v) is 3.37. The van der Waals surface area contributed by atoms with Gasteiger partial charge in [0.15, 0.2) is 11.5 Å². The molecule has 5 nitrogen and oxygen atoms in total. The van der Waals surface area contributed by atoms with Crippen LogP contribution in [0.3, 0.4) is 0 Å². The van der Waals surface area contributed by atoms with Crippen molar-refractivity contribution in [1.82, 2.24) is 0 Å². The first kappa shape index (κ1) is 19.0. The molecule has 1 aromatic carbocycles. The molecule has 1 fully saturated rings. The molecule has 24 heavy (non-hydrogen) atoms. The number of aliphatic hydroxyl groups is 1. The van der Waals surface area contributed by atoms with Gasteiger partial charge in [0.1, 0.15) is 19.2 Å². The highest BCUT2D eigenvalue weighted by Crippen LogP contribution is 2.33. The first-order chi connectivity index (χ1) is 11.5. The van der Waals surface area contributed by atoms with Crippen LogP contribution in [0.25, 0.3) is 0 Å².